The van der Waals surface area contributed by atoms with Crippen LogP contribution in [-0.2, 0) is 11.8 Å². The number of amides is 1. The van der Waals surface area contributed by atoms with E-state index in [-0.39, 0.29) is 17.4 Å². The van der Waals surface area contributed by atoms with Crippen LogP contribution in [0.3, 0.4) is 0 Å². The molecule has 2 aromatic rings. The quantitative estimate of drug-likeness (QED) is 0.931. The van der Waals surface area contributed by atoms with E-state index in [1.165, 1.54) is 4.68 Å². The van der Waals surface area contributed by atoms with Crippen molar-refractivity contribution in [3.63, 3.8) is 0 Å². The fraction of sp³-hybridized carbons (Fsp3) is 0.421. The van der Waals surface area contributed by atoms with Gasteiger partial charge in [-0.15, -0.1) is 0 Å². The summed E-state index contributed by atoms with van der Waals surface area (Å²) in [5.41, 5.74) is 3.70. The Hall–Kier alpha value is -2.63. The summed E-state index contributed by atoms with van der Waals surface area (Å²) in [6, 6.07) is 7.64. The summed E-state index contributed by atoms with van der Waals surface area (Å²) in [5, 5.41) is 7.14. The van der Waals surface area contributed by atoms with Gasteiger partial charge in [0, 0.05) is 31.9 Å². The topological polar surface area (TPSA) is 67.2 Å². The standard InChI is InChI=1S/C19H24N4O2/c1-13-6-7-14(2)17(9-13)21-19(25)15-5-4-8-23(12-15)16-10-18(24)22(3)20-11-16/h6-7,9-11,15H,4-5,8,12H2,1-3H3,(H,21,25)/t15-/m0/s1. The molecule has 1 fully saturated rings. The second kappa shape index (κ2) is 7.09. The van der Waals surface area contributed by atoms with Crippen molar-refractivity contribution in [2.24, 2.45) is 13.0 Å². The molecule has 1 aromatic carbocycles. The number of aromatic nitrogens is 2. The number of hydrogen-bond acceptors (Lipinski definition) is 4. The van der Waals surface area contributed by atoms with Gasteiger partial charge in [0.05, 0.1) is 17.8 Å². The minimum atomic E-state index is -0.139. The molecule has 1 aliphatic rings. The Labute approximate surface area is 147 Å². The van der Waals surface area contributed by atoms with Crippen LogP contribution >= 0.6 is 0 Å². The number of carbonyl (C=O) groups is 1. The molecule has 1 aliphatic heterocycles. The van der Waals surface area contributed by atoms with E-state index in [1.54, 1.807) is 19.3 Å². The summed E-state index contributed by atoms with van der Waals surface area (Å²) in [7, 11) is 1.63. The first-order valence-corrected chi connectivity index (χ1v) is 8.60. The molecule has 0 spiro atoms. The molecule has 1 N–H and O–H groups in total. The summed E-state index contributed by atoms with van der Waals surface area (Å²) in [6.07, 6.45) is 3.46. The van der Waals surface area contributed by atoms with E-state index in [1.807, 2.05) is 32.0 Å². The average Bonchev–Trinajstić information content (AvgIpc) is 2.60. The monoisotopic (exact) mass is 340 g/mol. The lowest BCUT2D eigenvalue weighted by Crippen LogP contribution is -2.41. The largest absolute Gasteiger partial charge is 0.369 e. The molecule has 0 radical (unpaired) electrons. The van der Waals surface area contributed by atoms with Crippen LogP contribution in [0.4, 0.5) is 11.4 Å². The van der Waals surface area contributed by atoms with Gasteiger partial charge in [-0.25, -0.2) is 4.68 Å². The molecule has 2 heterocycles. The summed E-state index contributed by atoms with van der Waals surface area (Å²) in [4.78, 5) is 26.6. The van der Waals surface area contributed by atoms with Gasteiger partial charge in [-0.05, 0) is 43.9 Å². The summed E-state index contributed by atoms with van der Waals surface area (Å²) in [5.74, 6) is -0.0621. The Kier molecular flexibility index (Phi) is 4.88. The van der Waals surface area contributed by atoms with Crippen molar-refractivity contribution in [3.8, 4) is 0 Å². The van der Waals surface area contributed by atoms with Crippen molar-refractivity contribution in [2.45, 2.75) is 26.7 Å². The SMILES string of the molecule is Cc1ccc(C)c(NC(=O)[C@H]2CCCN(c3cnn(C)c(=O)c3)C2)c1. The summed E-state index contributed by atoms with van der Waals surface area (Å²) in [6.45, 7) is 5.45. The number of nitrogens with zero attached hydrogens (tertiary/aromatic N) is 3. The fourth-order valence-electron chi connectivity index (χ4n) is 3.16. The van der Waals surface area contributed by atoms with Gasteiger partial charge in [0.1, 0.15) is 0 Å². The minimum absolute atomic E-state index is 0.0372. The molecule has 1 saturated heterocycles. The van der Waals surface area contributed by atoms with Crippen LogP contribution in [0, 0.1) is 19.8 Å². The molecule has 0 unspecified atom stereocenters. The number of piperidine rings is 1. The van der Waals surface area contributed by atoms with Crippen molar-refractivity contribution in [3.05, 3.63) is 51.9 Å². The second-order valence-electron chi connectivity index (χ2n) is 6.77. The second-order valence-corrected chi connectivity index (χ2v) is 6.77. The molecule has 25 heavy (non-hydrogen) atoms. The molecule has 1 aromatic heterocycles. The first-order valence-electron chi connectivity index (χ1n) is 8.60. The molecule has 0 bridgehead atoms. The number of carbonyl (C=O) groups excluding carboxylic acids is 1. The van der Waals surface area contributed by atoms with E-state index in [9.17, 15) is 9.59 Å². The Balaban J connectivity index is 1.72. The molecule has 6 nitrogen and oxygen atoms in total. The Morgan fingerprint density at radius 3 is 2.84 bits per heavy atom. The maximum absolute atomic E-state index is 12.7. The molecule has 132 valence electrons. The Morgan fingerprint density at radius 1 is 1.28 bits per heavy atom. The van der Waals surface area contributed by atoms with Gasteiger partial charge in [-0.1, -0.05) is 12.1 Å². The molecular formula is C19H24N4O2. The number of hydrogen-bond donors (Lipinski definition) is 1. The number of aryl methyl sites for hydroxylation is 3. The normalized spacial score (nSPS) is 17.4. The zero-order valence-electron chi connectivity index (χ0n) is 15.0. The van der Waals surface area contributed by atoms with Crippen molar-refractivity contribution < 1.29 is 4.79 Å². The molecule has 6 heteroatoms. The van der Waals surface area contributed by atoms with E-state index in [0.717, 1.165) is 41.9 Å². The van der Waals surface area contributed by atoms with Gasteiger partial charge < -0.3 is 10.2 Å². The highest BCUT2D eigenvalue weighted by Gasteiger charge is 2.26. The van der Waals surface area contributed by atoms with Crippen LogP contribution < -0.4 is 15.8 Å². The lowest BCUT2D eigenvalue weighted by Gasteiger charge is -2.33. The minimum Gasteiger partial charge on any atom is -0.369 e. The van der Waals surface area contributed by atoms with Crippen LogP contribution in [0.5, 0.6) is 0 Å². The van der Waals surface area contributed by atoms with E-state index in [4.69, 9.17) is 0 Å². The van der Waals surface area contributed by atoms with Gasteiger partial charge in [-0.3, -0.25) is 9.59 Å². The highest BCUT2D eigenvalue weighted by Crippen LogP contribution is 2.24. The lowest BCUT2D eigenvalue weighted by atomic mass is 9.96. The summed E-state index contributed by atoms with van der Waals surface area (Å²) < 4.78 is 1.30. The van der Waals surface area contributed by atoms with Crippen LogP contribution in [0.2, 0.25) is 0 Å². The maximum Gasteiger partial charge on any atom is 0.268 e. The maximum atomic E-state index is 12.7. The highest BCUT2D eigenvalue weighted by atomic mass is 16.2. The zero-order valence-corrected chi connectivity index (χ0v) is 15.0. The number of rotatable bonds is 3. The van der Waals surface area contributed by atoms with Gasteiger partial charge in [0.2, 0.25) is 5.91 Å². The Bertz CT molecular complexity index is 844. The smallest absolute Gasteiger partial charge is 0.268 e. The lowest BCUT2D eigenvalue weighted by molar-refractivity contribution is -0.120. The van der Waals surface area contributed by atoms with Crippen LogP contribution in [-0.4, -0.2) is 28.8 Å². The third kappa shape index (κ3) is 3.90. The molecular weight excluding hydrogens is 316 g/mol. The van der Waals surface area contributed by atoms with Crippen LogP contribution in [0.1, 0.15) is 24.0 Å². The first-order chi connectivity index (χ1) is 11.9. The average molecular weight is 340 g/mol. The summed E-state index contributed by atoms with van der Waals surface area (Å²) >= 11 is 0. The fourth-order valence-corrected chi connectivity index (χ4v) is 3.16. The highest BCUT2D eigenvalue weighted by molar-refractivity contribution is 5.93. The predicted octanol–water partition coefficient (Wildman–Crippen LogP) is 2.25. The van der Waals surface area contributed by atoms with Crippen molar-refractivity contribution in [1.82, 2.24) is 9.78 Å². The van der Waals surface area contributed by atoms with Crippen molar-refractivity contribution >= 4 is 17.3 Å². The molecule has 3 rings (SSSR count). The Morgan fingerprint density at radius 2 is 2.08 bits per heavy atom. The first kappa shape index (κ1) is 17.2. The van der Waals surface area contributed by atoms with E-state index in [2.05, 4.69) is 15.3 Å². The van der Waals surface area contributed by atoms with Gasteiger partial charge >= 0.3 is 0 Å². The molecule has 0 aliphatic carbocycles. The van der Waals surface area contributed by atoms with Gasteiger partial charge in [0.15, 0.2) is 0 Å². The molecule has 1 atom stereocenters. The van der Waals surface area contributed by atoms with Gasteiger partial charge in [0.25, 0.3) is 5.56 Å². The van der Waals surface area contributed by atoms with E-state index >= 15 is 0 Å². The predicted molar refractivity (Wildman–Crippen MR) is 99.0 cm³/mol. The van der Waals surface area contributed by atoms with Crippen molar-refractivity contribution in [2.75, 3.05) is 23.3 Å². The molecule has 1 amide bonds. The zero-order chi connectivity index (χ0) is 18.0. The molecule has 0 saturated carbocycles. The van der Waals surface area contributed by atoms with Crippen LogP contribution in [0.15, 0.2) is 35.3 Å². The van der Waals surface area contributed by atoms with Gasteiger partial charge in [-0.2, -0.15) is 5.10 Å². The third-order valence-corrected chi connectivity index (χ3v) is 4.76. The van der Waals surface area contributed by atoms with Crippen LogP contribution in [0.25, 0.3) is 0 Å². The number of benzene rings is 1. The van der Waals surface area contributed by atoms with E-state index in [0.29, 0.717) is 6.54 Å². The van der Waals surface area contributed by atoms with Crippen molar-refractivity contribution in [1.29, 1.82) is 0 Å². The van der Waals surface area contributed by atoms with E-state index < -0.39 is 0 Å². The third-order valence-electron chi connectivity index (χ3n) is 4.76. The number of nitrogens with one attached hydrogen (secondary N) is 1. The number of anilines is 2.